The van der Waals surface area contributed by atoms with Gasteiger partial charge in [0, 0.05) is 15.7 Å². The molecule has 19 heavy (non-hydrogen) atoms. The lowest BCUT2D eigenvalue weighted by Gasteiger charge is -2.07. The van der Waals surface area contributed by atoms with E-state index in [1.54, 1.807) is 36.4 Å². The zero-order valence-electron chi connectivity index (χ0n) is 9.58. The molecule has 0 bridgehead atoms. The zero-order valence-corrected chi connectivity index (χ0v) is 12.7. The summed E-state index contributed by atoms with van der Waals surface area (Å²) in [7, 11) is 0. The minimum absolute atomic E-state index is 0.268. The number of nitrogen functional groups attached to an aromatic ring is 1. The van der Waals surface area contributed by atoms with Gasteiger partial charge in [-0.15, -0.1) is 0 Å². The van der Waals surface area contributed by atoms with E-state index in [1.807, 2.05) is 0 Å². The number of amides is 1. The van der Waals surface area contributed by atoms with Gasteiger partial charge in [-0.1, -0.05) is 23.2 Å². The standard InChI is InChI=1S/C13H9BrCl2N2O/c14-9-3-1-7(5-10(9)15)13(19)18-8-2-4-12(17)11(16)6-8/h1-6H,17H2,(H,18,19). The van der Waals surface area contributed by atoms with Crippen LogP contribution in [-0.2, 0) is 0 Å². The van der Waals surface area contributed by atoms with Gasteiger partial charge < -0.3 is 11.1 Å². The maximum atomic E-state index is 12.0. The average Bonchev–Trinajstić information content (AvgIpc) is 2.37. The van der Waals surface area contributed by atoms with Crippen LogP contribution in [0.1, 0.15) is 10.4 Å². The van der Waals surface area contributed by atoms with Gasteiger partial charge in [0.1, 0.15) is 0 Å². The van der Waals surface area contributed by atoms with Crippen LogP contribution in [0.15, 0.2) is 40.9 Å². The second-order valence-electron chi connectivity index (χ2n) is 3.82. The Bertz CT molecular complexity index is 647. The maximum Gasteiger partial charge on any atom is 0.255 e. The van der Waals surface area contributed by atoms with E-state index < -0.39 is 0 Å². The van der Waals surface area contributed by atoms with E-state index in [1.165, 1.54) is 0 Å². The zero-order chi connectivity index (χ0) is 14.0. The molecule has 0 heterocycles. The molecule has 2 aromatic carbocycles. The van der Waals surface area contributed by atoms with Gasteiger partial charge in [-0.2, -0.15) is 0 Å². The molecule has 0 aromatic heterocycles. The molecule has 3 nitrogen and oxygen atoms in total. The number of carbonyl (C=O) groups is 1. The van der Waals surface area contributed by atoms with Crippen molar-refractivity contribution < 1.29 is 4.79 Å². The number of halogens is 3. The van der Waals surface area contributed by atoms with E-state index in [0.717, 1.165) is 4.47 Å². The number of carbonyl (C=O) groups excluding carboxylic acids is 1. The Hall–Kier alpha value is -1.23. The Morgan fingerprint density at radius 2 is 1.84 bits per heavy atom. The summed E-state index contributed by atoms with van der Waals surface area (Å²) < 4.78 is 0.737. The molecule has 98 valence electrons. The summed E-state index contributed by atoms with van der Waals surface area (Å²) >= 11 is 15.1. The van der Waals surface area contributed by atoms with Crippen molar-refractivity contribution in [2.24, 2.45) is 0 Å². The Kier molecular flexibility index (Phi) is 4.34. The monoisotopic (exact) mass is 358 g/mol. The first-order valence-electron chi connectivity index (χ1n) is 5.29. The van der Waals surface area contributed by atoms with Crippen molar-refractivity contribution >= 4 is 56.4 Å². The second-order valence-corrected chi connectivity index (χ2v) is 5.49. The van der Waals surface area contributed by atoms with Crippen LogP contribution >= 0.6 is 39.1 Å². The first kappa shape index (κ1) is 14.2. The van der Waals surface area contributed by atoms with E-state index in [9.17, 15) is 4.79 Å². The first-order chi connectivity index (χ1) is 8.97. The fraction of sp³-hybridized carbons (Fsp3) is 0. The normalized spacial score (nSPS) is 10.3. The smallest absolute Gasteiger partial charge is 0.255 e. The number of benzene rings is 2. The highest BCUT2D eigenvalue weighted by atomic mass is 79.9. The molecule has 0 saturated heterocycles. The topological polar surface area (TPSA) is 55.1 Å². The fourth-order valence-corrected chi connectivity index (χ4v) is 2.05. The van der Waals surface area contributed by atoms with Crippen molar-refractivity contribution in [3.05, 3.63) is 56.5 Å². The molecule has 2 aromatic rings. The van der Waals surface area contributed by atoms with Gasteiger partial charge in [0.2, 0.25) is 0 Å². The molecule has 6 heteroatoms. The molecular weight excluding hydrogens is 351 g/mol. The molecule has 0 aliphatic rings. The van der Waals surface area contributed by atoms with E-state index in [4.69, 9.17) is 28.9 Å². The van der Waals surface area contributed by atoms with Crippen LogP contribution in [0.4, 0.5) is 11.4 Å². The van der Waals surface area contributed by atoms with E-state index in [0.29, 0.717) is 27.0 Å². The molecule has 1 amide bonds. The summed E-state index contributed by atoms with van der Waals surface area (Å²) in [6.07, 6.45) is 0. The third kappa shape index (κ3) is 3.41. The first-order valence-corrected chi connectivity index (χ1v) is 6.83. The second kappa shape index (κ2) is 5.82. The summed E-state index contributed by atoms with van der Waals surface area (Å²) in [5.74, 6) is -0.268. The minimum Gasteiger partial charge on any atom is -0.398 e. The van der Waals surface area contributed by atoms with Gasteiger partial charge in [-0.05, 0) is 52.3 Å². The molecule has 0 atom stereocenters. The van der Waals surface area contributed by atoms with Crippen LogP contribution in [-0.4, -0.2) is 5.91 Å². The number of hydrogen-bond donors (Lipinski definition) is 2. The Balaban J connectivity index is 2.20. The largest absolute Gasteiger partial charge is 0.398 e. The Morgan fingerprint density at radius 1 is 1.11 bits per heavy atom. The van der Waals surface area contributed by atoms with Gasteiger partial charge in [-0.3, -0.25) is 4.79 Å². The predicted octanol–water partition coefficient (Wildman–Crippen LogP) is 4.59. The number of anilines is 2. The van der Waals surface area contributed by atoms with Crippen molar-refractivity contribution in [3.8, 4) is 0 Å². The van der Waals surface area contributed by atoms with Gasteiger partial charge in [-0.25, -0.2) is 0 Å². The molecule has 0 spiro atoms. The molecular formula is C13H9BrCl2N2O. The Morgan fingerprint density at radius 3 is 2.47 bits per heavy atom. The lowest BCUT2D eigenvalue weighted by molar-refractivity contribution is 0.102. The minimum atomic E-state index is -0.268. The average molecular weight is 360 g/mol. The van der Waals surface area contributed by atoms with Gasteiger partial charge in [0.15, 0.2) is 0 Å². The summed E-state index contributed by atoms with van der Waals surface area (Å²) in [6, 6.07) is 9.87. The maximum absolute atomic E-state index is 12.0. The lowest BCUT2D eigenvalue weighted by Crippen LogP contribution is -2.11. The summed E-state index contributed by atoms with van der Waals surface area (Å²) in [6.45, 7) is 0. The predicted molar refractivity (Wildman–Crippen MR) is 83.0 cm³/mol. The van der Waals surface area contributed by atoms with Crippen molar-refractivity contribution in [1.29, 1.82) is 0 Å². The summed E-state index contributed by atoms with van der Waals surface area (Å²) in [4.78, 5) is 12.0. The van der Waals surface area contributed by atoms with Crippen molar-refractivity contribution in [2.45, 2.75) is 0 Å². The highest BCUT2D eigenvalue weighted by Gasteiger charge is 2.09. The molecule has 0 fully saturated rings. The lowest BCUT2D eigenvalue weighted by atomic mass is 10.2. The summed E-state index contributed by atoms with van der Waals surface area (Å²) in [5, 5.41) is 3.59. The van der Waals surface area contributed by atoms with Gasteiger partial charge >= 0.3 is 0 Å². The quantitative estimate of drug-likeness (QED) is 0.770. The Labute approximate surface area is 128 Å². The SMILES string of the molecule is Nc1ccc(NC(=O)c2ccc(Br)c(Cl)c2)cc1Cl. The van der Waals surface area contributed by atoms with Crippen LogP contribution in [0.3, 0.4) is 0 Å². The van der Waals surface area contributed by atoms with Crippen LogP contribution in [0.25, 0.3) is 0 Å². The van der Waals surface area contributed by atoms with E-state index in [2.05, 4.69) is 21.2 Å². The van der Waals surface area contributed by atoms with Crippen molar-refractivity contribution in [2.75, 3.05) is 11.1 Å². The fourth-order valence-electron chi connectivity index (χ4n) is 1.45. The van der Waals surface area contributed by atoms with Gasteiger partial charge in [0.05, 0.1) is 15.7 Å². The third-order valence-corrected chi connectivity index (χ3v) is 4.00. The number of rotatable bonds is 2. The molecule has 0 aliphatic carbocycles. The van der Waals surface area contributed by atoms with Crippen LogP contribution in [0.5, 0.6) is 0 Å². The molecule has 0 unspecified atom stereocenters. The number of nitrogens with two attached hydrogens (primary N) is 1. The van der Waals surface area contributed by atoms with Crippen molar-refractivity contribution in [3.63, 3.8) is 0 Å². The number of hydrogen-bond acceptors (Lipinski definition) is 2. The molecule has 0 aliphatic heterocycles. The molecule has 2 rings (SSSR count). The highest BCUT2D eigenvalue weighted by molar-refractivity contribution is 9.10. The van der Waals surface area contributed by atoms with E-state index in [-0.39, 0.29) is 5.91 Å². The molecule has 3 N–H and O–H groups in total. The van der Waals surface area contributed by atoms with Crippen LogP contribution in [0, 0.1) is 0 Å². The number of nitrogens with one attached hydrogen (secondary N) is 1. The van der Waals surface area contributed by atoms with Crippen LogP contribution in [0.2, 0.25) is 10.0 Å². The molecule has 0 radical (unpaired) electrons. The molecule has 0 saturated carbocycles. The van der Waals surface area contributed by atoms with Crippen molar-refractivity contribution in [1.82, 2.24) is 0 Å². The third-order valence-electron chi connectivity index (χ3n) is 2.44. The van der Waals surface area contributed by atoms with E-state index >= 15 is 0 Å². The highest BCUT2D eigenvalue weighted by Crippen LogP contribution is 2.25. The van der Waals surface area contributed by atoms with Crippen LogP contribution < -0.4 is 11.1 Å². The van der Waals surface area contributed by atoms with Gasteiger partial charge in [0.25, 0.3) is 5.91 Å². The summed E-state index contributed by atoms with van der Waals surface area (Å²) in [5.41, 5.74) is 7.10.